The first kappa shape index (κ1) is 15.0. The Balaban J connectivity index is 1.88. The van der Waals surface area contributed by atoms with E-state index in [9.17, 15) is 4.39 Å². The fraction of sp³-hybridized carbons (Fsp3) is 0.562. The smallest absolute Gasteiger partial charge is 0.124 e. The topological polar surface area (TPSA) is 53.0 Å². The molecule has 1 aliphatic heterocycles. The first-order valence-electron chi connectivity index (χ1n) is 7.34. The van der Waals surface area contributed by atoms with Crippen molar-refractivity contribution < 1.29 is 4.39 Å². The molecule has 0 bridgehead atoms. The number of hydrogen-bond acceptors (Lipinski definition) is 3. The lowest BCUT2D eigenvalue weighted by molar-refractivity contribution is 0.183. The standard InChI is InChI=1S/C16H22FN3/c17-16-3-2-14(15(11-16)12-19)10-13-4-8-20(9-5-13)7-1-6-18/h2-3,11,13H,1,4-10,18H2. The molecule has 3 nitrogen and oxygen atoms in total. The van der Waals surface area contributed by atoms with Crippen molar-refractivity contribution in [3.63, 3.8) is 0 Å². The number of nitriles is 1. The van der Waals surface area contributed by atoms with E-state index >= 15 is 0 Å². The van der Waals surface area contributed by atoms with Gasteiger partial charge in [-0.05, 0) is 75.5 Å². The van der Waals surface area contributed by atoms with Gasteiger partial charge in [0.25, 0.3) is 0 Å². The van der Waals surface area contributed by atoms with Gasteiger partial charge in [0.2, 0.25) is 0 Å². The lowest BCUT2D eigenvalue weighted by Crippen LogP contribution is -2.35. The molecule has 1 heterocycles. The second-order valence-corrected chi connectivity index (χ2v) is 5.54. The van der Waals surface area contributed by atoms with Gasteiger partial charge in [-0.15, -0.1) is 0 Å². The van der Waals surface area contributed by atoms with Gasteiger partial charge in [0.15, 0.2) is 0 Å². The third-order valence-corrected chi connectivity index (χ3v) is 4.09. The molecule has 108 valence electrons. The first-order valence-corrected chi connectivity index (χ1v) is 7.34. The predicted octanol–water partition coefficient (Wildman–Crippen LogP) is 2.30. The highest BCUT2D eigenvalue weighted by Gasteiger charge is 2.20. The average Bonchev–Trinajstić information content (AvgIpc) is 2.48. The molecule has 1 aromatic rings. The van der Waals surface area contributed by atoms with E-state index in [2.05, 4.69) is 11.0 Å². The van der Waals surface area contributed by atoms with Crippen molar-refractivity contribution >= 4 is 0 Å². The summed E-state index contributed by atoms with van der Waals surface area (Å²) in [6, 6.07) is 6.65. The first-order chi connectivity index (χ1) is 9.72. The molecule has 1 aliphatic rings. The molecule has 0 atom stereocenters. The predicted molar refractivity (Wildman–Crippen MR) is 77.7 cm³/mol. The monoisotopic (exact) mass is 275 g/mol. The van der Waals surface area contributed by atoms with Crippen LogP contribution in [0.1, 0.15) is 30.4 Å². The van der Waals surface area contributed by atoms with Gasteiger partial charge in [-0.3, -0.25) is 0 Å². The third kappa shape index (κ3) is 4.03. The maximum atomic E-state index is 13.1. The van der Waals surface area contributed by atoms with Crippen LogP contribution in [0.2, 0.25) is 0 Å². The van der Waals surface area contributed by atoms with E-state index in [0.29, 0.717) is 11.5 Å². The molecule has 2 rings (SSSR count). The zero-order valence-corrected chi connectivity index (χ0v) is 11.8. The maximum absolute atomic E-state index is 13.1. The highest BCUT2D eigenvalue weighted by Crippen LogP contribution is 2.23. The van der Waals surface area contributed by atoms with E-state index in [1.54, 1.807) is 6.07 Å². The number of nitrogens with zero attached hydrogens (tertiary/aromatic N) is 2. The maximum Gasteiger partial charge on any atom is 0.124 e. The normalized spacial score (nSPS) is 17.1. The van der Waals surface area contributed by atoms with Crippen LogP contribution in [0.15, 0.2) is 18.2 Å². The molecule has 0 saturated carbocycles. The number of hydrogen-bond donors (Lipinski definition) is 1. The molecule has 4 heteroatoms. The van der Waals surface area contributed by atoms with Crippen molar-refractivity contribution in [2.24, 2.45) is 11.7 Å². The number of likely N-dealkylation sites (tertiary alicyclic amines) is 1. The van der Waals surface area contributed by atoms with Crippen molar-refractivity contribution in [1.82, 2.24) is 4.90 Å². The van der Waals surface area contributed by atoms with Gasteiger partial charge >= 0.3 is 0 Å². The summed E-state index contributed by atoms with van der Waals surface area (Å²) in [5.74, 6) is 0.267. The minimum absolute atomic E-state index is 0.332. The quantitative estimate of drug-likeness (QED) is 0.897. The second kappa shape index (κ2) is 7.37. The molecular formula is C16H22FN3. The number of rotatable bonds is 5. The van der Waals surface area contributed by atoms with Gasteiger partial charge in [-0.25, -0.2) is 4.39 Å². The van der Waals surface area contributed by atoms with Crippen molar-refractivity contribution in [1.29, 1.82) is 5.26 Å². The Bertz CT molecular complexity index is 473. The van der Waals surface area contributed by atoms with Gasteiger partial charge in [-0.1, -0.05) is 6.07 Å². The van der Waals surface area contributed by atoms with Crippen molar-refractivity contribution in [2.75, 3.05) is 26.2 Å². The van der Waals surface area contributed by atoms with Gasteiger partial charge in [0.05, 0.1) is 11.6 Å². The van der Waals surface area contributed by atoms with Gasteiger partial charge in [-0.2, -0.15) is 5.26 Å². The van der Waals surface area contributed by atoms with Crippen LogP contribution < -0.4 is 5.73 Å². The van der Waals surface area contributed by atoms with Crippen LogP contribution in [0.4, 0.5) is 4.39 Å². The van der Waals surface area contributed by atoms with E-state index in [4.69, 9.17) is 11.0 Å². The third-order valence-electron chi connectivity index (χ3n) is 4.09. The molecule has 1 fully saturated rings. The number of benzene rings is 1. The molecular weight excluding hydrogens is 253 g/mol. The van der Waals surface area contributed by atoms with Crippen LogP contribution in [-0.4, -0.2) is 31.1 Å². The van der Waals surface area contributed by atoms with E-state index in [1.165, 1.54) is 12.1 Å². The van der Waals surface area contributed by atoms with Crippen LogP contribution in [0.5, 0.6) is 0 Å². The number of piperidine rings is 1. The molecule has 0 aromatic heterocycles. The Morgan fingerprint density at radius 3 is 2.75 bits per heavy atom. The van der Waals surface area contributed by atoms with Gasteiger partial charge < -0.3 is 10.6 Å². The van der Waals surface area contributed by atoms with E-state index in [-0.39, 0.29) is 5.82 Å². The second-order valence-electron chi connectivity index (χ2n) is 5.54. The highest BCUT2D eigenvalue weighted by molar-refractivity contribution is 5.38. The van der Waals surface area contributed by atoms with Crippen LogP contribution in [0, 0.1) is 23.1 Å². The Labute approximate surface area is 120 Å². The van der Waals surface area contributed by atoms with Crippen LogP contribution >= 0.6 is 0 Å². The highest BCUT2D eigenvalue weighted by atomic mass is 19.1. The van der Waals surface area contributed by atoms with Crippen LogP contribution in [0.25, 0.3) is 0 Å². The van der Waals surface area contributed by atoms with Crippen LogP contribution in [-0.2, 0) is 6.42 Å². The SMILES string of the molecule is N#Cc1cc(F)ccc1CC1CCN(CCCN)CC1. The molecule has 1 saturated heterocycles. The zero-order chi connectivity index (χ0) is 14.4. The summed E-state index contributed by atoms with van der Waals surface area (Å²) < 4.78 is 13.1. The summed E-state index contributed by atoms with van der Waals surface area (Å²) in [4.78, 5) is 2.46. The summed E-state index contributed by atoms with van der Waals surface area (Å²) in [6.07, 6.45) is 4.23. The Morgan fingerprint density at radius 2 is 2.10 bits per heavy atom. The van der Waals surface area contributed by atoms with E-state index < -0.39 is 0 Å². The zero-order valence-electron chi connectivity index (χ0n) is 11.8. The van der Waals surface area contributed by atoms with Crippen LogP contribution in [0.3, 0.4) is 0 Å². The molecule has 0 unspecified atom stereocenters. The summed E-state index contributed by atoms with van der Waals surface area (Å²) >= 11 is 0. The van der Waals surface area contributed by atoms with E-state index in [0.717, 1.165) is 57.4 Å². The average molecular weight is 275 g/mol. The summed E-state index contributed by atoms with van der Waals surface area (Å²) in [7, 11) is 0. The Kier molecular flexibility index (Phi) is 5.51. The Hall–Kier alpha value is -1.44. The van der Waals surface area contributed by atoms with Crippen molar-refractivity contribution in [3.05, 3.63) is 35.1 Å². The van der Waals surface area contributed by atoms with Crippen molar-refractivity contribution in [3.8, 4) is 6.07 Å². The van der Waals surface area contributed by atoms with Crippen molar-refractivity contribution in [2.45, 2.75) is 25.7 Å². The minimum Gasteiger partial charge on any atom is -0.330 e. The molecule has 2 N–H and O–H groups in total. The lowest BCUT2D eigenvalue weighted by Gasteiger charge is -2.32. The Morgan fingerprint density at radius 1 is 1.35 bits per heavy atom. The van der Waals surface area contributed by atoms with Gasteiger partial charge in [0, 0.05) is 0 Å². The molecule has 20 heavy (non-hydrogen) atoms. The lowest BCUT2D eigenvalue weighted by atomic mass is 9.88. The molecule has 0 aliphatic carbocycles. The van der Waals surface area contributed by atoms with E-state index in [1.807, 2.05) is 0 Å². The fourth-order valence-electron chi connectivity index (χ4n) is 2.87. The summed E-state index contributed by atoms with van der Waals surface area (Å²) in [5.41, 5.74) is 6.99. The fourth-order valence-corrected chi connectivity index (χ4v) is 2.87. The minimum atomic E-state index is -0.332. The summed E-state index contributed by atoms with van der Waals surface area (Å²) in [6.45, 7) is 4.05. The molecule has 0 radical (unpaired) electrons. The molecule has 0 spiro atoms. The molecule has 0 amide bonds. The largest absolute Gasteiger partial charge is 0.330 e. The van der Waals surface area contributed by atoms with Gasteiger partial charge in [0.1, 0.15) is 5.82 Å². The number of halogens is 1. The summed E-state index contributed by atoms with van der Waals surface area (Å²) in [5, 5.41) is 9.07. The number of nitrogens with two attached hydrogens (primary N) is 1. The molecule has 1 aromatic carbocycles.